The van der Waals surface area contributed by atoms with Crippen molar-refractivity contribution in [3.63, 3.8) is 0 Å². The lowest BCUT2D eigenvalue weighted by Gasteiger charge is -2.33. The van der Waals surface area contributed by atoms with Gasteiger partial charge in [0.15, 0.2) is 0 Å². The minimum atomic E-state index is -0.0850. The fraction of sp³-hybridized carbons (Fsp3) is 0.636. The van der Waals surface area contributed by atoms with Gasteiger partial charge in [-0.3, -0.25) is 4.79 Å². The second kappa shape index (κ2) is 5.18. The Kier molecular flexibility index (Phi) is 3.83. The van der Waals surface area contributed by atoms with Gasteiger partial charge in [-0.1, -0.05) is 0 Å². The number of rotatable bonds is 2. The predicted octanol–water partition coefficient (Wildman–Crippen LogP) is 0.731. The minimum Gasteiger partial charge on any atom is -0.369 e. The second-order valence-electron chi connectivity index (χ2n) is 4.32. The largest absolute Gasteiger partial charge is 0.369 e. The van der Waals surface area contributed by atoms with Gasteiger partial charge in [-0.15, -0.1) is 0 Å². The molecule has 0 aliphatic carbocycles. The van der Waals surface area contributed by atoms with Gasteiger partial charge in [-0.2, -0.15) is 5.10 Å². The van der Waals surface area contributed by atoms with E-state index in [9.17, 15) is 4.79 Å². The zero-order valence-corrected chi connectivity index (χ0v) is 11.7. The van der Waals surface area contributed by atoms with E-state index in [1.165, 1.54) is 4.68 Å². The highest BCUT2D eigenvalue weighted by molar-refractivity contribution is 9.10. The molecule has 0 saturated carbocycles. The summed E-state index contributed by atoms with van der Waals surface area (Å²) in [5.41, 5.74) is 0.820. The zero-order chi connectivity index (χ0) is 12.4. The number of hydrogen-bond donors (Lipinski definition) is 1. The number of piperidine rings is 1. The molecule has 1 aliphatic rings. The lowest BCUT2D eigenvalue weighted by Crippen LogP contribution is -2.42. The number of nitrogens with zero attached hydrogens (tertiary/aromatic N) is 3. The molecule has 6 heteroatoms. The maximum absolute atomic E-state index is 11.8. The molecule has 5 nitrogen and oxygen atoms in total. The highest BCUT2D eigenvalue weighted by Crippen LogP contribution is 2.24. The molecule has 1 saturated heterocycles. The minimum absolute atomic E-state index is 0.0850. The van der Waals surface area contributed by atoms with Gasteiger partial charge in [0.25, 0.3) is 5.56 Å². The Hall–Kier alpha value is -0.880. The Morgan fingerprint density at radius 1 is 1.47 bits per heavy atom. The van der Waals surface area contributed by atoms with Gasteiger partial charge in [0.1, 0.15) is 4.47 Å². The molecule has 2 heterocycles. The Bertz CT molecular complexity index is 451. The van der Waals surface area contributed by atoms with Crippen LogP contribution in [-0.4, -0.2) is 36.0 Å². The van der Waals surface area contributed by atoms with Crippen molar-refractivity contribution in [1.82, 2.24) is 15.1 Å². The molecule has 2 rings (SSSR count). The third kappa shape index (κ3) is 2.52. The van der Waals surface area contributed by atoms with E-state index in [4.69, 9.17) is 0 Å². The summed E-state index contributed by atoms with van der Waals surface area (Å²) in [5.74, 6) is 0. The van der Waals surface area contributed by atoms with Crippen molar-refractivity contribution in [2.24, 2.45) is 7.05 Å². The van der Waals surface area contributed by atoms with E-state index in [0.29, 0.717) is 10.5 Å². The first-order valence-corrected chi connectivity index (χ1v) is 6.57. The summed E-state index contributed by atoms with van der Waals surface area (Å²) in [5, 5.41) is 7.36. The standard InChI is InChI=1S/C11H17BrN4O/c1-13-8-3-5-16(6-4-8)9-7-14-15(2)11(17)10(9)12/h7-8,13H,3-6H2,1-2H3. The lowest BCUT2D eigenvalue weighted by atomic mass is 10.1. The maximum Gasteiger partial charge on any atom is 0.282 e. The van der Waals surface area contributed by atoms with Crippen LogP contribution in [0.25, 0.3) is 0 Å². The van der Waals surface area contributed by atoms with Crippen molar-refractivity contribution in [1.29, 1.82) is 0 Å². The van der Waals surface area contributed by atoms with Crippen LogP contribution in [-0.2, 0) is 7.05 Å². The van der Waals surface area contributed by atoms with Crippen molar-refractivity contribution in [3.05, 3.63) is 21.0 Å². The lowest BCUT2D eigenvalue weighted by molar-refractivity contribution is 0.441. The molecule has 1 aromatic heterocycles. The first kappa shape index (κ1) is 12.6. The zero-order valence-electron chi connectivity index (χ0n) is 10.1. The van der Waals surface area contributed by atoms with Crippen LogP contribution in [0.15, 0.2) is 15.5 Å². The summed E-state index contributed by atoms with van der Waals surface area (Å²) in [6.45, 7) is 1.91. The SMILES string of the molecule is CNC1CCN(c2cnn(C)c(=O)c2Br)CC1. The van der Waals surface area contributed by atoms with E-state index in [-0.39, 0.29) is 5.56 Å². The quantitative estimate of drug-likeness (QED) is 0.875. The molecule has 0 aromatic carbocycles. The van der Waals surface area contributed by atoms with E-state index in [1.807, 2.05) is 7.05 Å². The Labute approximate surface area is 109 Å². The van der Waals surface area contributed by atoms with E-state index < -0.39 is 0 Å². The first-order chi connectivity index (χ1) is 8.13. The van der Waals surface area contributed by atoms with Gasteiger partial charge < -0.3 is 10.2 Å². The number of nitrogens with one attached hydrogen (secondary N) is 1. The van der Waals surface area contributed by atoms with Gasteiger partial charge in [-0.25, -0.2) is 4.68 Å². The van der Waals surface area contributed by atoms with Crippen molar-refractivity contribution < 1.29 is 0 Å². The van der Waals surface area contributed by atoms with Crippen LogP contribution < -0.4 is 15.8 Å². The average molecular weight is 301 g/mol. The predicted molar refractivity (Wildman–Crippen MR) is 71.5 cm³/mol. The monoisotopic (exact) mass is 300 g/mol. The van der Waals surface area contributed by atoms with Gasteiger partial charge >= 0.3 is 0 Å². The fourth-order valence-corrected chi connectivity index (χ4v) is 2.74. The number of halogens is 1. The molecule has 0 atom stereocenters. The molecule has 94 valence electrons. The molecular weight excluding hydrogens is 284 g/mol. The van der Waals surface area contributed by atoms with Gasteiger partial charge in [-0.05, 0) is 35.8 Å². The van der Waals surface area contributed by atoms with Crippen molar-refractivity contribution >= 4 is 21.6 Å². The molecular formula is C11H17BrN4O. The van der Waals surface area contributed by atoms with Crippen LogP contribution in [0, 0.1) is 0 Å². The highest BCUT2D eigenvalue weighted by atomic mass is 79.9. The normalized spacial score (nSPS) is 17.5. The van der Waals surface area contributed by atoms with E-state index in [0.717, 1.165) is 31.6 Å². The summed E-state index contributed by atoms with van der Waals surface area (Å²) in [6, 6.07) is 0.588. The molecule has 1 fully saturated rings. The van der Waals surface area contributed by atoms with Crippen molar-refractivity contribution in [2.75, 3.05) is 25.0 Å². The first-order valence-electron chi connectivity index (χ1n) is 5.77. The Balaban J connectivity index is 2.19. The van der Waals surface area contributed by atoms with Gasteiger partial charge in [0.05, 0.1) is 11.9 Å². The average Bonchev–Trinajstić information content (AvgIpc) is 2.36. The van der Waals surface area contributed by atoms with Crippen LogP contribution >= 0.6 is 15.9 Å². The number of hydrogen-bond acceptors (Lipinski definition) is 4. The molecule has 0 amide bonds. The Morgan fingerprint density at radius 3 is 2.71 bits per heavy atom. The van der Waals surface area contributed by atoms with Crippen LogP contribution in [0.2, 0.25) is 0 Å². The molecule has 0 radical (unpaired) electrons. The van der Waals surface area contributed by atoms with Crippen molar-refractivity contribution in [3.8, 4) is 0 Å². The van der Waals surface area contributed by atoms with Gasteiger partial charge in [0.2, 0.25) is 0 Å². The highest BCUT2D eigenvalue weighted by Gasteiger charge is 2.20. The smallest absolute Gasteiger partial charge is 0.282 e. The molecule has 1 aromatic rings. The third-order valence-corrected chi connectivity index (χ3v) is 4.05. The van der Waals surface area contributed by atoms with Crippen LogP contribution in [0.4, 0.5) is 5.69 Å². The maximum atomic E-state index is 11.8. The molecule has 17 heavy (non-hydrogen) atoms. The van der Waals surface area contributed by atoms with Crippen LogP contribution in [0.3, 0.4) is 0 Å². The summed E-state index contributed by atoms with van der Waals surface area (Å²) in [6.07, 6.45) is 3.95. The summed E-state index contributed by atoms with van der Waals surface area (Å²) in [4.78, 5) is 14.0. The van der Waals surface area contributed by atoms with Crippen LogP contribution in [0.1, 0.15) is 12.8 Å². The van der Waals surface area contributed by atoms with Gasteiger partial charge in [0, 0.05) is 26.2 Å². The molecule has 0 spiro atoms. The topological polar surface area (TPSA) is 50.2 Å². The number of aromatic nitrogens is 2. The van der Waals surface area contributed by atoms with Crippen molar-refractivity contribution in [2.45, 2.75) is 18.9 Å². The summed E-state index contributed by atoms with van der Waals surface area (Å²) in [7, 11) is 3.65. The molecule has 0 unspecified atom stereocenters. The third-order valence-electron chi connectivity index (χ3n) is 3.30. The van der Waals surface area contributed by atoms with E-state index >= 15 is 0 Å². The van der Waals surface area contributed by atoms with E-state index in [1.54, 1.807) is 13.2 Å². The number of aryl methyl sites for hydroxylation is 1. The second-order valence-corrected chi connectivity index (χ2v) is 5.12. The summed E-state index contributed by atoms with van der Waals surface area (Å²) < 4.78 is 1.95. The summed E-state index contributed by atoms with van der Waals surface area (Å²) >= 11 is 3.37. The number of anilines is 1. The van der Waals surface area contributed by atoms with Crippen LogP contribution in [0.5, 0.6) is 0 Å². The van der Waals surface area contributed by atoms with E-state index in [2.05, 4.69) is 31.2 Å². The molecule has 0 bridgehead atoms. The molecule has 1 N–H and O–H groups in total. The molecule has 1 aliphatic heterocycles. The Morgan fingerprint density at radius 2 is 2.12 bits per heavy atom. The fourth-order valence-electron chi connectivity index (χ4n) is 2.13.